The van der Waals surface area contributed by atoms with Crippen molar-refractivity contribution >= 4 is 11.6 Å². The van der Waals surface area contributed by atoms with Crippen LogP contribution < -0.4 is 0 Å². The maximum atomic E-state index is 5.59. The van der Waals surface area contributed by atoms with Gasteiger partial charge in [0, 0.05) is 6.61 Å². The second-order valence-corrected chi connectivity index (χ2v) is 2.26. The summed E-state index contributed by atoms with van der Waals surface area (Å²) in [4.78, 5) is 0. The molecule has 1 aliphatic heterocycles. The van der Waals surface area contributed by atoms with E-state index < -0.39 is 0 Å². The molecule has 1 heterocycles. The molecule has 2 heteroatoms. The third-order valence-electron chi connectivity index (χ3n) is 1.12. The van der Waals surface area contributed by atoms with Gasteiger partial charge in [-0.3, -0.25) is 0 Å². The normalized spacial score (nSPS) is 33.0. The van der Waals surface area contributed by atoms with Crippen molar-refractivity contribution in [3.05, 3.63) is 0 Å². The Morgan fingerprint density at radius 3 is 2.57 bits per heavy atom. The Labute approximate surface area is 48.6 Å². The van der Waals surface area contributed by atoms with Gasteiger partial charge in [-0.25, -0.2) is 0 Å². The highest BCUT2D eigenvalue weighted by molar-refractivity contribution is 6.19. The standard InChI is InChI=1S/C5H9ClO/c6-5-3-1-2-4-7-5/h5H,1-4H2. The highest BCUT2D eigenvalue weighted by Crippen LogP contribution is 2.14. The van der Waals surface area contributed by atoms with Gasteiger partial charge in [-0.05, 0) is 19.3 Å². The minimum absolute atomic E-state index is 0.00810. The zero-order chi connectivity index (χ0) is 5.11. The molecule has 0 spiro atoms. The Balaban J connectivity index is 2.12. The highest BCUT2D eigenvalue weighted by atomic mass is 35.5. The minimum Gasteiger partial charge on any atom is -0.362 e. The van der Waals surface area contributed by atoms with Crippen LogP contribution in [0, 0.1) is 0 Å². The zero-order valence-electron chi connectivity index (χ0n) is 4.19. The smallest absolute Gasteiger partial charge is 0.131 e. The Bertz CT molecular complexity index is 50.0. The average molecular weight is 121 g/mol. The number of ether oxygens (including phenoxy) is 1. The molecule has 0 bridgehead atoms. The zero-order valence-corrected chi connectivity index (χ0v) is 4.95. The average Bonchev–Trinajstić information content (AvgIpc) is 1.69. The lowest BCUT2D eigenvalue weighted by Gasteiger charge is -2.15. The summed E-state index contributed by atoms with van der Waals surface area (Å²) >= 11 is 5.59. The molecular formula is C5H9ClO. The molecule has 7 heavy (non-hydrogen) atoms. The van der Waals surface area contributed by atoms with E-state index in [0.29, 0.717) is 0 Å². The molecule has 42 valence electrons. The number of halogens is 1. The van der Waals surface area contributed by atoms with Crippen LogP contribution in [-0.2, 0) is 4.74 Å². The molecule has 1 saturated heterocycles. The van der Waals surface area contributed by atoms with Crippen LogP contribution in [-0.4, -0.2) is 12.2 Å². The molecule has 0 aliphatic carbocycles. The van der Waals surface area contributed by atoms with Gasteiger partial charge >= 0.3 is 0 Å². The topological polar surface area (TPSA) is 9.23 Å². The van der Waals surface area contributed by atoms with E-state index in [-0.39, 0.29) is 5.56 Å². The van der Waals surface area contributed by atoms with Crippen molar-refractivity contribution in [2.75, 3.05) is 6.61 Å². The molecular weight excluding hydrogens is 112 g/mol. The van der Waals surface area contributed by atoms with Gasteiger partial charge in [-0.15, -0.1) is 0 Å². The number of alkyl halides is 1. The van der Waals surface area contributed by atoms with Crippen LogP contribution in [0.3, 0.4) is 0 Å². The van der Waals surface area contributed by atoms with Crippen LogP contribution in [0.25, 0.3) is 0 Å². The van der Waals surface area contributed by atoms with Crippen molar-refractivity contribution in [2.24, 2.45) is 0 Å². The molecule has 1 rings (SSSR count). The third kappa shape index (κ3) is 1.66. The lowest BCUT2D eigenvalue weighted by molar-refractivity contribution is 0.0680. The number of rotatable bonds is 0. The van der Waals surface area contributed by atoms with Crippen LogP contribution >= 0.6 is 11.6 Å². The number of hydrogen-bond acceptors (Lipinski definition) is 1. The molecule has 1 nitrogen and oxygen atoms in total. The van der Waals surface area contributed by atoms with Crippen molar-refractivity contribution in [3.8, 4) is 0 Å². The fourth-order valence-corrected chi connectivity index (χ4v) is 0.945. The van der Waals surface area contributed by atoms with E-state index in [1.807, 2.05) is 0 Å². The molecule has 1 aliphatic rings. The summed E-state index contributed by atoms with van der Waals surface area (Å²) in [5, 5.41) is 0. The summed E-state index contributed by atoms with van der Waals surface area (Å²) in [5.41, 5.74) is 0.00810. The fourth-order valence-electron chi connectivity index (χ4n) is 0.701. The largest absolute Gasteiger partial charge is 0.362 e. The van der Waals surface area contributed by atoms with Crippen LogP contribution in [0.2, 0.25) is 0 Å². The molecule has 0 N–H and O–H groups in total. The summed E-state index contributed by atoms with van der Waals surface area (Å²) in [7, 11) is 0. The maximum Gasteiger partial charge on any atom is 0.131 e. The quantitative estimate of drug-likeness (QED) is 0.443. The van der Waals surface area contributed by atoms with Crippen LogP contribution in [0.4, 0.5) is 0 Å². The highest BCUT2D eigenvalue weighted by Gasteiger charge is 2.08. The maximum absolute atomic E-state index is 5.59. The molecule has 1 atom stereocenters. The second-order valence-electron chi connectivity index (χ2n) is 1.78. The summed E-state index contributed by atoms with van der Waals surface area (Å²) in [5.74, 6) is 0. The van der Waals surface area contributed by atoms with Crippen molar-refractivity contribution in [1.29, 1.82) is 0 Å². The first-order chi connectivity index (χ1) is 3.39. The Morgan fingerprint density at radius 1 is 1.43 bits per heavy atom. The Morgan fingerprint density at radius 2 is 2.29 bits per heavy atom. The Hall–Kier alpha value is 0.250. The fraction of sp³-hybridized carbons (Fsp3) is 1.00. The van der Waals surface area contributed by atoms with Gasteiger partial charge in [0.1, 0.15) is 5.56 Å². The van der Waals surface area contributed by atoms with Crippen molar-refractivity contribution in [1.82, 2.24) is 0 Å². The van der Waals surface area contributed by atoms with E-state index in [9.17, 15) is 0 Å². The first-order valence-electron chi connectivity index (χ1n) is 2.65. The van der Waals surface area contributed by atoms with Gasteiger partial charge in [0.2, 0.25) is 0 Å². The predicted molar refractivity (Wildman–Crippen MR) is 29.4 cm³/mol. The summed E-state index contributed by atoms with van der Waals surface area (Å²) < 4.78 is 5.04. The Kier molecular flexibility index (Phi) is 1.95. The van der Waals surface area contributed by atoms with E-state index in [1.54, 1.807) is 0 Å². The summed E-state index contributed by atoms with van der Waals surface area (Å²) in [6.45, 7) is 0.855. The van der Waals surface area contributed by atoms with Gasteiger partial charge < -0.3 is 4.74 Å². The van der Waals surface area contributed by atoms with Gasteiger partial charge in [0.15, 0.2) is 0 Å². The van der Waals surface area contributed by atoms with Gasteiger partial charge in [-0.1, -0.05) is 11.6 Å². The van der Waals surface area contributed by atoms with Crippen LogP contribution in [0.15, 0.2) is 0 Å². The lowest BCUT2D eigenvalue weighted by atomic mass is 10.2. The summed E-state index contributed by atoms with van der Waals surface area (Å²) in [6, 6.07) is 0. The molecule has 0 aromatic heterocycles. The third-order valence-corrected chi connectivity index (χ3v) is 1.47. The van der Waals surface area contributed by atoms with Crippen molar-refractivity contribution in [2.45, 2.75) is 24.8 Å². The predicted octanol–water partition coefficient (Wildman–Crippen LogP) is 1.75. The van der Waals surface area contributed by atoms with E-state index >= 15 is 0 Å². The molecule has 1 fully saturated rings. The van der Waals surface area contributed by atoms with E-state index in [1.165, 1.54) is 12.8 Å². The van der Waals surface area contributed by atoms with E-state index in [2.05, 4.69) is 0 Å². The van der Waals surface area contributed by atoms with Gasteiger partial charge in [0.25, 0.3) is 0 Å². The van der Waals surface area contributed by atoms with Crippen molar-refractivity contribution < 1.29 is 4.74 Å². The number of hydrogen-bond donors (Lipinski definition) is 0. The molecule has 0 saturated carbocycles. The van der Waals surface area contributed by atoms with Gasteiger partial charge in [-0.2, -0.15) is 0 Å². The summed E-state index contributed by atoms with van der Waals surface area (Å²) in [6.07, 6.45) is 3.44. The minimum atomic E-state index is 0.00810. The van der Waals surface area contributed by atoms with E-state index in [4.69, 9.17) is 16.3 Å². The monoisotopic (exact) mass is 120 g/mol. The first kappa shape index (κ1) is 5.39. The molecule has 0 aromatic rings. The molecule has 0 amide bonds. The van der Waals surface area contributed by atoms with Gasteiger partial charge in [0.05, 0.1) is 0 Å². The van der Waals surface area contributed by atoms with Crippen LogP contribution in [0.5, 0.6) is 0 Å². The van der Waals surface area contributed by atoms with Crippen molar-refractivity contribution in [3.63, 3.8) is 0 Å². The van der Waals surface area contributed by atoms with E-state index in [0.717, 1.165) is 13.0 Å². The molecule has 0 radical (unpaired) electrons. The molecule has 0 aromatic carbocycles. The lowest BCUT2D eigenvalue weighted by Crippen LogP contribution is -2.11. The first-order valence-corrected chi connectivity index (χ1v) is 3.09. The SMILES string of the molecule is ClC1CCCCO1. The van der Waals surface area contributed by atoms with Crippen LogP contribution in [0.1, 0.15) is 19.3 Å². The second kappa shape index (κ2) is 2.53. The molecule has 1 unspecified atom stereocenters.